The van der Waals surface area contributed by atoms with Crippen molar-refractivity contribution in [3.05, 3.63) is 0 Å². The Hall–Kier alpha value is 0.330. The molecular weight excluding hydrogens is 279 g/mol. The van der Waals surface area contributed by atoms with Gasteiger partial charge < -0.3 is 9.05 Å². The molecule has 1 rings (SSSR count). The molecule has 0 aromatic carbocycles. The van der Waals surface area contributed by atoms with E-state index in [0.29, 0.717) is 0 Å². The van der Waals surface area contributed by atoms with E-state index in [0.717, 1.165) is 7.11 Å². The molecule has 0 aromatic rings. The van der Waals surface area contributed by atoms with Crippen LogP contribution in [0.1, 0.15) is 6.92 Å². The summed E-state index contributed by atoms with van der Waals surface area (Å²) in [6.45, 7) is 1.13. The minimum absolute atomic E-state index is 0.235. The fourth-order valence-corrected chi connectivity index (χ4v) is 6.68. The lowest BCUT2D eigenvalue weighted by Crippen LogP contribution is -1.86. The molecule has 2 unspecified atom stereocenters. The summed E-state index contributed by atoms with van der Waals surface area (Å²) in [7, 11) is -13.8. The van der Waals surface area contributed by atoms with Crippen molar-refractivity contribution in [2.75, 3.05) is 13.7 Å². The van der Waals surface area contributed by atoms with Gasteiger partial charge in [0.1, 0.15) is 0 Å². The number of nitrogens with zero attached hydrogens (tertiary/aromatic N) is 3. The second-order valence-corrected chi connectivity index (χ2v) is 7.84. The first-order chi connectivity index (χ1) is 6.74. The fraction of sp³-hybridized carbons (Fsp3) is 1.00. The van der Waals surface area contributed by atoms with Crippen molar-refractivity contribution in [3.8, 4) is 0 Å². The molecule has 0 fully saturated rings. The Kier molecular flexibility index (Phi) is 3.84. The van der Waals surface area contributed by atoms with Crippen LogP contribution in [0.2, 0.25) is 0 Å². The van der Waals surface area contributed by atoms with Crippen molar-refractivity contribution in [1.82, 2.24) is 0 Å². The monoisotopic (exact) mass is 287 g/mol. The third-order valence-corrected chi connectivity index (χ3v) is 7.49. The van der Waals surface area contributed by atoms with E-state index >= 15 is 0 Å². The maximum absolute atomic E-state index is 13.5. The molecule has 0 radical (unpaired) electrons. The van der Waals surface area contributed by atoms with Gasteiger partial charge in [-0.1, -0.05) is 0 Å². The summed E-state index contributed by atoms with van der Waals surface area (Å²) in [6.07, 6.45) is 0. The number of hydrogen-bond acceptors (Lipinski definition) is 5. The topological polar surface area (TPSA) is 55.5 Å². The number of halogens is 4. The molecule has 0 amide bonds. The normalized spacial score (nSPS) is 38.8. The molecule has 0 saturated carbocycles. The van der Waals surface area contributed by atoms with Crippen LogP contribution in [0.15, 0.2) is 13.5 Å². The first kappa shape index (κ1) is 13.4. The van der Waals surface area contributed by atoms with Gasteiger partial charge in [-0.25, -0.2) is 0 Å². The average molecular weight is 287 g/mol. The Morgan fingerprint density at radius 2 is 1.60 bits per heavy atom. The summed E-state index contributed by atoms with van der Waals surface area (Å²) in [6, 6.07) is 0. The summed E-state index contributed by atoms with van der Waals surface area (Å²) in [5, 5.41) is 0. The van der Waals surface area contributed by atoms with Gasteiger partial charge in [0.15, 0.2) is 0 Å². The Morgan fingerprint density at radius 3 is 2.07 bits per heavy atom. The number of rotatable bonds is 3. The molecule has 2 atom stereocenters. The zero-order valence-electron chi connectivity index (χ0n) is 7.72. The molecule has 0 bridgehead atoms. The SMILES string of the molecule is CCOP1(F)=NP(F)(OC)=NP(F)(F)=N1. The predicted octanol–water partition coefficient (Wildman–Crippen LogP) is 5.40. The van der Waals surface area contributed by atoms with Gasteiger partial charge in [0, 0.05) is 7.11 Å². The molecule has 90 valence electrons. The maximum atomic E-state index is 13.5. The van der Waals surface area contributed by atoms with E-state index in [-0.39, 0.29) is 6.61 Å². The molecule has 0 saturated heterocycles. The van der Waals surface area contributed by atoms with Gasteiger partial charge in [-0.3, -0.25) is 0 Å². The van der Waals surface area contributed by atoms with Crippen molar-refractivity contribution >= 4 is 23.3 Å². The summed E-state index contributed by atoms with van der Waals surface area (Å²) in [4.78, 5) is 0. The van der Waals surface area contributed by atoms with Gasteiger partial charge in [0.2, 0.25) is 0 Å². The van der Waals surface area contributed by atoms with Crippen LogP contribution in [0.5, 0.6) is 0 Å². The molecule has 1 aliphatic heterocycles. The highest BCUT2D eigenvalue weighted by Gasteiger charge is 2.39. The van der Waals surface area contributed by atoms with E-state index in [2.05, 4.69) is 22.6 Å². The second kappa shape index (κ2) is 4.30. The Balaban J connectivity index is 3.36. The molecule has 5 nitrogen and oxygen atoms in total. The minimum atomic E-state index is -5.37. The summed E-state index contributed by atoms with van der Waals surface area (Å²) < 4.78 is 68.6. The first-order valence-corrected chi connectivity index (χ1v) is 8.13. The van der Waals surface area contributed by atoms with Crippen molar-refractivity contribution in [2.45, 2.75) is 6.92 Å². The highest BCUT2D eigenvalue weighted by molar-refractivity contribution is 7.77. The van der Waals surface area contributed by atoms with Crippen molar-refractivity contribution in [2.24, 2.45) is 13.5 Å². The van der Waals surface area contributed by atoms with E-state index in [4.69, 9.17) is 0 Å². The van der Waals surface area contributed by atoms with Gasteiger partial charge in [-0.2, -0.15) is 8.39 Å². The zero-order valence-corrected chi connectivity index (χ0v) is 10.4. The van der Waals surface area contributed by atoms with Crippen molar-refractivity contribution < 1.29 is 25.8 Å². The van der Waals surface area contributed by atoms with Crippen LogP contribution in [0, 0.1) is 0 Å². The lowest BCUT2D eigenvalue weighted by Gasteiger charge is -2.18. The van der Waals surface area contributed by atoms with Crippen LogP contribution >= 0.6 is 23.3 Å². The lowest BCUT2D eigenvalue weighted by atomic mass is 10.9. The molecule has 1 aliphatic rings. The average Bonchev–Trinajstić information content (AvgIpc) is 1.99. The van der Waals surface area contributed by atoms with E-state index in [1.54, 1.807) is 0 Å². The molecule has 0 N–H and O–H groups in total. The highest BCUT2D eigenvalue weighted by atomic mass is 31.3. The van der Waals surface area contributed by atoms with Crippen LogP contribution in [-0.2, 0) is 9.05 Å². The van der Waals surface area contributed by atoms with Gasteiger partial charge in [-0.05, 0) is 6.92 Å². The minimum Gasteiger partial charge on any atom is -0.306 e. The smallest absolute Gasteiger partial charge is 0.306 e. The van der Waals surface area contributed by atoms with Crippen LogP contribution in [0.25, 0.3) is 0 Å². The molecular formula is C3H8F4N3O2P3. The van der Waals surface area contributed by atoms with E-state index in [1.165, 1.54) is 6.92 Å². The van der Waals surface area contributed by atoms with Gasteiger partial charge >= 0.3 is 23.3 Å². The number of hydrogen-bond donors (Lipinski definition) is 0. The van der Waals surface area contributed by atoms with Crippen molar-refractivity contribution in [1.29, 1.82) is 0 Å². The van der Waals surface area contributed by atoms with Gasteiger partial charge in [0.25, 0.3) is 0 Å². The molecule has 0 spiro atoms. The summed E-state index contributed by atoms with van der Waals surface area (Å²) >= 11 is 0. The van der Waals surface area contributed by atoms with Crippen LogP contribution in [0.4, 0.5) is 16.8 Å². The molecule has 0 aliphatic carbocycles. The third-order valence-electron chi connectivity index (χ3n) is 1.18. The molecule has 0 aromatic heterocycles. The van der Waals surface area contributed by atoms with E-state index < -0.39 is 23.3 Å². The Morgan fingerprint density at radius 1 is 1.00 bits per heavy atom. The fourth-order valence-electron chi connectivity index (χ4n) is 0.744. The van der Waals surface area contributed by atoms with Crippen LogP contribution in [-0.4, -0.2) is 13.7 Å². The summed E-state index contributed by atoms with van der Waals surface area (Å²) in [5.41, 5.74) is 0. The zero-order chi connectivity index (χ0) is 11.7. The maximum Gasteiger partial charge on any atom is 0.425 e. The van der Waals surface area contributed by atoms with Gasteiger partial charge in [-0.15, -0.1) is 21.9 Å². The predicted molar refractivity (Wildman–Crippen MR) is 51.1 cm³/mol. The Labute approximate surface area is 84.2 Å². The summed E-state index contributed by atoms with van der Waals surface area (Å²) in [5.74, 6) is 0. The molecule has 12 heteroatoms. The van der Waals surface area contributed by atoms with Crippen LogP contribution in [0.3, 0.4) is 0 Å². The highest BCUT2D eigenvalue weighted by Crippen LogP contribution is 2.81. The largest absolute Gasteiger partial charge is 0.425 e. The van der Waals surface area contributed by atoms with Crippen LogP contribution < -0.4 is 0 Å². The van der Waals surface area contributed by atoms with E-state index in [9.17, 15) is 16.8 Å². The third kappa shape index (κ3) is 3.40. The lowest BCUT2D eigenvalue weighted by molar-refractivity contribution is 0.346. The quantitative estimate of drug-likeness (QED) is 0.515. The molecule has 1 heterocycles. The first-order valence-electron chi connectivity index (χ1n) is 3.65. The standard InChI is InChI=1S/C3H8F4N3O2P3/c1-3-12-15(7)9-13(4,5)8-14(6,10-15)11-2/h3H2,1-2H3. The van der Waals surface area contributed by atoms with Gasteiger partial charge in [0.05, 0.1) is 6.61 Å². The second-order valence-electron chi connectivity index (χ2n) is 2.27. The van der Waals surface area contributed by atoms with Crippen molar-refractivity contribution in [3.63, 3.8) is 0 Å². The molecule has 15 heavy (non-hydrogen) atoms. The Bertz CT molecular complexity index is 417. The van der Waals surface area contributed by atoms with E-state index in [1.807, 2.05) is 0 Å².